The first kappa shape index (κ1) is 13.1. The lowest BCUT2D eigenvalue weighted by Crippen LogP contribution is -2.49. The molecule has 19 heavy (non-hydrogen) atoms. The van der Waals surface area contributed by atoms with Gasteiger partial charge in [0, 0.05) is 5.41 Å². The van der Waals surface area contributed by atoms with Crippen LogP contribution in [0, 0.1) is 11.3 Å². The summed E-state index contributed by atoms with van der Waals surface area (Å²) in [6, 6.07) is 0. The number of aliphatic hydroxyl groups is 1. The number of ether oxygens (including phenoxy) is 1. The molecule has 3 aliphatic rings. The van der Waals surface area contributed by atoms with Crippen LogP contribution >= 0.6 is 0 Å². The largest absolute Gasteiger partial charge is 0.479 e. The summed E-state index contributed by atoms with van der Waals surface area (Å²) in [5, 5.41) is 19.8. The molecular weight excluding hydrogens is 244 g/mol. The summed E-state index contributed by atoms with van der Waals surface area (Å²) >= 11 is 0. The molecule has 0 aromatic heterocycles. The Morgan fingerprint density at radius 3 is 2.74 bits per heavy atom. The Bertz CT molecular complexity index is 451. The van der Waals surface area contributed by atoms with Crippen molar-refractivity contribution in [3.05, 3.63) is 11.1 Å². The molecule has 4 unspecified atom stereocenters. The molecule has 0 amide bonds. The fourth-order valence-electron chi connectivity index (χ4n) is 4.43. The van der Waals surface area contributed by atoms with E-state index in [2.05, 4.69) is 13.8 Å². The van der Waals surface area contributed by atoms with Crippen LogP contribution in [-0.4, -0.2) is 34.5 Å². The zero-order valence-electron chi connectivity index (χ0n) is 11.6. The molecular formula is C15H22O4. The molecule has 2 aliphatic carbocycles. The van der Waals surface area contributed by atoms with E-state index >= 15 is 0 Å². The van der Waals surface area contributed by atoms with E-state index in [1.807, 2.05) is 0 Å². The van der Waals surface area contributed by atoms with Gasteiger partial charge in [0.1, 0.15) is 0 Å². The minimum atomic E-state index is -1.69. The van der Waals surface area contributed by atoms with Gasteiger partial charge >= 0.3 is 5.97 Å². The van der Waals surface area contributed by atoms with E-state index in [1.54, 1.807) is 0 Å². The second-order valence-corrected chi connectivity index (χ2v) is 6.71. The lowest BCUT2D eigenvalue weighted by Gasteiger charge is -2.31. The van der Waals surface area contributed by atoms with Crippen LogP contribution in [0.2, 0.25) is 0 Å². The van der Waals surface area contributed by atoms with Gasteiger partial charge in [0.15, 0.2) is 5.60 Å². The van der Waals surface area contributed by atoms with Gasteiger partial charge in [0.05, 0.1) is 12.7 Å². The highest BCUT2D eigenvalue weighted by molar-refractivity contribution is 5.78. The van der Waals surface area contributed by atoms with Crippen LogP contribution in [0.5, 0.6) is 0 Å². The molecule has 1 spiro atoms. The molecule has 3 fully saturated rings. The van der Waals surface area contributed by atoms with Gasteiger partial charge in [-0.3, -0.25) is 0 Å². The Balaban J connectivity index is 1.99. The number of hydrogen-bond acceptors (Lipinski definition) is 3. The number of rotatable bonds is 1. The van der Waals surface area contributed by atoms with Crippen molar-refractivity contribution in [2.45, 2.75) is 57.7 Å². The minimum Gasteiger partial charge on any atom is -0.479 e. The molecule has 1 aliphatic heterocycles. The number of carboxylic acids is 1. The third-order valence-corrected chi connectivity index (χ3v) is 5.58. The summed E-state index contributed by atoms with van der Waals surface area (Å²) in [5.41, 5.74) is 1.21. The van der Waals surface area contributed by atoms with Crippen molar-refractivity contribution >= 4 is 5.97 Å². The Kier molecular flexibility index (Phi) is 2.81. The monoisotopic (exact) mass is 266 g/mol. The molecule has 0 radical (unpaired) electrons. The van der Waals surface area contributed by atoms with Crippen molar-refractivity contribution in [1.82, 2.24) is 0 Å². The van der Waals surface area contributed by atoms with Crippen molar-refractivity contribution in [1.29, 1.82) is 0 Å². The maximum atomic E-state index is 11.4. The standard InChI is InChI=1S/C15H22O4/c1-9(2)10-3-5-14-7-12(19-8-14)15(18,13(16)17)6-4-11(10)14/h11-12,18H,3-8H2,1-2H3,(H,16,17). The summed E-state index contributed by atoms with van der Waals surface area (Å²) in [7, 11) is 0. The Morgan fingerprint density at radius 2 is 2.11 bits per heavy atom. The highest BCUT2D eigenvalue weighted by atomic mass is 16.5. The van der Waals surface area contributed by atoms with Gasteiger partial charge in [-0.15, -0.1) is 0 Å². The maximum absolute atomic E-state index is 11.4. The molecule has 2 bridgehead atoms. The number of hydrogen-bond donors (Lipinski definition) is 2. The molecule has 0 aromatic carbocycles. The average molecular weight is 266 g/mol. The summed E-state index contributed by atoms with van der Waals surface area (Å²) in [6.07, 6.45) is 3.40. The Hall–Kier alpha value is -0.870. The predicted octanol–water partition coefficient (Wildman–Crippen LogP) is 2.12. The molecule has 4 nitrogen and oxygen atoms in total. The summed E-state index contributed by atoms with van der Waals surface area (Å²) in [6.45, 7) is 4.88. The molecule has 1 heterocycles. The van der Waals surface area contributed by atoms with Crippen LogP contribution in [0.1, 0.15) is 46.0 Å². The van der Waals surface area contributed by atoms with Crippen molar-refractivity contribution in [3.63, 3.8) is 0 Å². The van der Waals surface area contributed by atoms with Crippen LogP contribution in [-0.2, 0) is 9.53 Å². The Labute approximate surface area is 113 Å². The number of aliphatic carboxylic acids is 1. The molecule has 2 N–H and O–H groups in total. The van der Waals surface area contributed by atoms with E-state index in [4.69, 9.17) is 4.74 Å². The van der Waals surface area contributed by atoms with Crippen LogP contribution in [0.15, 0.2) is 11.1 Å². The summed E-state index contributed by atoms with van der Waals surface area (Å²) in [4.78, 5) is 11.4. The number of fused-ring (bicyclic) bond motifs is 1. The lowest BCUT2D eigenvalue weighted by molar-refractivity contribution is -0.174. The van der Waals surface area contributed by atoms with Crippen LogP contribution < -0.4 is 0 Å². The topological polar surface area (TPSA) is 66.8 Å². The van der Waals surface area contributed by atoms with Gasteiger partial charge in [0.25, 0.3) is 0 Å². The summed E-state index contributed by atoms with van der Waals surface area (Å²) in [5.74, 6) is -0.732. The zero-order valence-corrected chi connectivity index (χ0v) is 11.6. The number of carbonyl (C=O) groups is 1. The van der Waals surface area contributed by atoms with Gasteiger partial charge in [-0.1, -0.05) is 11.1 Å². The third-order valence-electron chi connectivity index (χ3n) is 5.58. The van der Waals surface area contributed by atoms with Gasteiger partial charge in [-0.2, -0.15) is 0 Å². The van der Waals surface area contributed by atoms with E-state index in [1.165, 1.54) is 11.1 Å². The first-order chi connectivity index (χ1) is 8.89. The lowest BCUT2D eigenvalue weighted by atomic mass is 9.74. The first-order valence-corrected chi connectivity index (χ1v) is 7.13. The smallest absolute Gasteiger partial charge is 0.338 e. The normalized spacial score (nSPS) is 44.9. The molecule has 4 atom stereocenters. The summed E-state index contributed by atoms with van der Waals surface area (Å²) < 4.78 is 5.71. The second-order valence-electron chi connectivity index (χ2n) is 6.71. The van der Waals surface area contributed by atoms with Crippen LogP contribution in [0.3, 0.4) is 0 Å². The van der Waals surface area contributed by atoms with Gasteiger partial charge in [-0.25, -0.2) is 4.79 Å². The molecule has 0 aromatic rings. The predicted molar refractivity (Wildman–Crippen MR) is 69.7 cm³/mol. The van der Waals surface area contributed by atoms with Gasteiger partial charge in [-0.05, 0) is 51.9 Å². The van der Waals surface area contributed by atoms with Gasteiger partial charge < -0.3 is 14.9 Å². The zero-order chi connectivity index (χ0) is 13.8. The number of carboxylic acid groups (broad SMARTS) is 1. The molecule has 106 valence electrons. The highest BCUT2D eigenvalue weighted by Crippen LogP contribution is 2.59. The van der Waals surface area contributed by atoms with Crippen molar-refractivity contribution in [2.24, 2.45) is 11.3 Å². The van der Waals surface area contributed by atoms with Crippen LogP contribution in [0.25, 0.3) is 0 Å². The van der Waals surface area contributed by atoms with Gasteiger partial charge in [0.2, 0.25) is 0 Å². The SMILES string of the molecule is CC(C)=C1CCC23COC(C2)C(O)(C(=O)O)CCC13. The third kappa shape index (κ3) is 1.69. The van der Waals surface area contributed by atoms with Crippen molar-refractivity contribution in [2.75, 3.05) is 6.61 Å². The van der Waals surface area contributed by atoms with E-state index in [0.29, 0.717) is 25.4 Å². The molecule has 2 saturated carbocycles. The van der Waals surface area contributed by atoms with Crippen molar-refractivity contribution < 1.29 is 19.7 Å². The average Bonchev–Trinajstić information content (AvgIpc) is 2.89. The molecule has 3 rings (SSSR count). The highest BCUT2D eigenvalue weighted by Gasteiger charge is 2.60. The van der Waals surface area contributed by atoms with E-state index in [9.17, 15) is 15.0 Å². The number of allylic oxidation sites excluding steroid dienone is 2. The van der Waals surface area contributed by atoms with Crippen molar-refractivity contribution in [3.8, 4) is 0 Å². The minimum absolute atomic E-state index is 0.0806. The fourth-order valence-corrected chi connectivity index (χ4v) is 4.43. The van der Waals surface area contributed by atoms with E-state index in [0.717, 1.165) is 19.3 Å². The van der Waals surface area contributed by atoms with E-state index < -0.39 is 17.7 Å². The Morgan fingerprint density at radius 1 is 1.37 bits per heavy atom. The second kappa shape index (κ2) is 4.06. The molecule has 1 saturated heterocycles. The quantitative estimate of drug-likeness (QED) is 0.713. The fraction of sp³-hybridized carbons (Fsp3) is 0.800. The molecule has 4 heteroatoms. The van der Waals surface area contributed by atoms with Crippen LogP contribution in [0.4, 0.5) is 0 Å². The first-order valence-electron chi connectivity index (χ1n) is 7.13. The van der Waals surface area contributed by atoms with E-state index in [-0.39, 0.29) is 5.41 Å². The maximum Gasteiger partial charge on any atom is 0.338 e.